The molecule has 146 valence electrons. The molecule has 5 rings (SSSR count). The smallest absolute Gasteiger partial charge is 0.317 e. The van der Waals surface area contributed by atoms with Crippen molar-refractivity contribution in [3.63, 3.8) is 0 Å². The molecule has 2 aliphatic heterocycles. The molecule has 1 unspecified atom stereocenters. The number of fused-ring (bicyclic) bond motifs is 1. The van der Waals surface area contributed by atoms with E-state index < -0.39 is 6.17 Å². The second-order valence-corrected chi connectivity index (χ2v) is 7.33. The standard InChI is InChI=1S/C22H21N5O2/c28-18-12-15-8-4-5-9-17(15)19(14-6-2-1-3-7-14)24-20(18)25-22-27-26-21(29-22)16-10-11-23-13-16/h1-9,16,20,23H,10-13H2,(H,25,27)/t16?,20-/m1/s1. The number of rotatable bonds is 4. The Hall–Kier alpha value is -3.32. The number of nitrogens with one attached hydrogen (secondary N) is 2. The first-order valence-corrected chi connectivity index (χ1v) is 9.83. The number of aliphatic imine (C=N–C) groups is 1. The maximum Gasteiger partial charge on any atom is 0.317 e. The Morgan fingerprint density at radius 1 is 1.03 bits per heavy atom. The van der Waals surface area contributed by atoms with E-state index in [1.54, 1.807) is 0 Å². The summed E-state index contributed by atoms with van der Waals surface area (Å²) in [5, 5.41) is 14.6. The Kier molecular flexibility index (Phi) is 4.65. The number of nitrogens with zero attached hydrogens (tertiary/aromatic N) is 3. The van der Waals surface area contributed by atoms with Crippen LogP contribution in [0.15, 0.2) is 64.0 Å². The van der Waals surface area contributed by atoms with Crippen molar-refractivity contribution < 1.29 is 9.21 Å². The fraction of sp³-hybridized carbons (Fsp3) is 0.273. The van der Waals surface area contributed by atoms with E-state index in [1.165, 1.54) is 0 Å². The van der Waals surface area contributed by atoms with Gasteiger partial charge in [0.2, 0.25) is 5.89 Å². The van der Waals surface area contributed by atoms with Gasteiger partial charge in [0.25, 0.3) is 0 Å². The van der Waals surface area contributed by atoms with Crippen LogP contribution in [0.2, 0.25) is 0 Å². The molecule has 0 spiro atoms. The Morgan fingerprint density at radius 2 is 1.86 bits per heavy atom. The summed E-state index contributed by atoms with van der Waals surface area (Å²) >= 11 is 0. The van der Waals surface area contributed by atoms with E-state index in [0.29, 0.717) is 12.3 Å². The highest BCUT2D eigenvalue weighted by Crippen LogP contribution is 2.25. The van der Waals surface area contributed by atoms with Gasteiger partial charge >= 0.3 is 6.01 Å². The van der Waals surface area contributed by atoms with Crippen LogP contribution in [0, 0.1) is 0 Å². The first-order chi connectivity index (χ1) is 14.3. The fourth-order valence-electron chi connectivity index (χ4n) is 3.84. The molecular weight excluding hydrogens is 366 g/mol. The van der Waals surface area contributed by atoms with Crippen molar-refractivity contribution in [3.8, 4) is 0 Å². The van der Waals surface area contributed by atoms with Crippen LogP contribution in [-0.4, -0.2) is 40.9 Å². The Bertz CT molecular complexity index is 1050. The number of Topliss-reactive ketones (excluding diaryl/α,β-unsaturated/α-hetero) is 1. The number of carbonyl (C=O) groups is 1. The largest absolute Gasteiger partial charge is 0.408 e. The predicted molar refractivity (Wildman–Crippen MR) is 109 cm³/mol. The lowest BCUT2D eigenvalue weighted by atomic mass is 9.96. The fourth-order valence-corrected chi connectivity index (χ4v) is 3.84. The van der Waals surface area contributed by atoms with Crippen LogP contribution in [0.4, 0.5) is 6.01 Å². The summed E-state index contributed by atoms with van der Waals surface area (Å²) in [4.78, 5) is 17.7. The summed E-state index contributed by atoms with van der Waals surface area (Å²) < 4.78 is 5.78. The average molecular weight is 387 g/mol. The summed E-state index contributed by atoms with van der Waals surface area (Å²) in [5.41, 5.74) is 3.68. The first kappa shape index (κ1) is 17.8. The number of hydrogen-bond donors (Lipinski definition) is 2. The molecule has 2 N–H and O–H groups in total. The van der Waals surface area contributed by atoms with Crippen LogP contribution < -0.4 is 10.6 Å². The van der Waals surface area contributed by atoms with Gasteiger partial charge in [0.1, 0.15) is 0 Å². The highest BCUT2D eigenvalue weighted by atomic mass is 16.4. The zero-order chi connectivity index (χ0) is 19.6. The molecule has 1 fully saturated rings. The third-order valence-corrected chi connectivity index (χ3v) is 5.36. The molecule has 29 heavy (non-hydrogen) atoms. The van der Waals surface area contributed by atoms with Crippen molar-refractivity contribution in [2.24, 2.45) is 4.99 Å². The van der Waals surface area contributed by atoms with E-state index >= 15 is 0 Å². The summed E-state index contributed by atoms with van der Waals surface area (Å²) in [6.07, 6.45) is 0.476. The summed E-state index contributed by atoms with van der Waals surface area (Å²) in [5.74, 6) is 0.773. The van der Waals surface area contributed by atoms with Crippen LogP contribution in [-0.2, 0) is 11.2 Å². The zero-order valence-corrected chi connectivity index (χ0v) is 15.8. The van der Waals surface area contributed by atoms with Crippen molar-refractivity contribution in [3.05, 3.63) is 77.2 Å². The lowest BCUT2D eigenvalue weighted by molar-refractivity contribution is -0.119. The molecule has 1 saturated heterocycles. The quantitative estimate of drug-likeness (QED) is 0.715. The summed E-state index contributed by atoms with van der Waals surface area (Å²) in [6, 6.07) is 18.0. The van der Waals surface area contributed by atoms with Crippen LogP contribution in [0.1, 0.15) is 34.9 Å². The van der Waals surface area contributed by atoms with E-state index in [-0.39, 0.29) is 17.7 Å². The van der Waals surface area contributed by atoms with Gasteiger partial charge in [-0.25, -0.2) is 0 Å². The monoisotopic (exact) mass is 387 g/mol. The molecule has 2 aromatic carbocycles. The van der Waals surface area contributed by atoms with E-state index in [2.05, 4.69) is 20.8 Å². The Balaban J connectivity index is 1.49. The average Bonchev–Trinajstić information content (AvgIpc) is 3.42. The number of hydrogen-bond acceptors (Lipinski definition) is 7. The van der Waals surface area contributed by atoms with Gasteiger partial charge in [0, 0.05) is 24.1 Å². The number of anilines is 1. The van der Waals surface area contributed by atoms with Gasteiger partial charge in [-0.3, -0.25) is 9.79 Å². The maximum atomic E-state index is 13.0. The van der Waals surface area contributed by atoms with Crippen LogP contribution in [0.5, 0.6) is 0 Å². The minimum absolute atomic E-state index is 0.0364. The van der Waals surface area contributed by atoms with Gasteiger partial charge in [-0.15, -0.1) is 5.10 Å². The second kappa shape index (κ2) is 7.60. The summed E-state index contributed by atoms with van der Waals surface area (Å²) in [6.45, 7) is 1.77. The van der Waals surface area contributed by atoms with E-state index in [1.807, 2.05) is 54.6 Å². The molecule has 0 saturated carbocycles. The Labute approximate surface area is 168 Å². The van der Waals surface area contributed by atoms with Gasteiger partial charge in [0.05, 0.1) is 11.6 Å². The molecule has 2 aliphatic rings. The van der Waals surface area contributed by atoms with Gasteiger partial charge in [-0.2, -0.15) is 0 Å². The number of benzene rings is 2. The van der Waals surface area contributed by atoms with Crippen LogP contribution >= 0.6 is 0 Å². The van der Waals surface area contributed by atoms with Crippen molar-refractivity contribution >= 4 is 17.5 Å². The first-order valence-electron chi connectivity index (χ1n) is 9.83. The predicted octanol–water partition coefficient (Wildman–Crippen LogP) is 2.55. The van der Waals surface area contributed by atoms with E-state index in [9.17, 15) is 4.79 Å². The van der Waals surface area contributed by atoms with Crippen LogP contribution in [0.25, 0.3) is 0 Å². The van der Waals surface area contributed by atoms with Gasteiger partial charge < -0.3 is 15.1 Å². The second-order valence-electron chi connectivity index (χ2n) is 7.33. The molecular formula is C22H21N5O2. The van der Waals surface area contributed by atoms with Crippen molar-refractivity contribution in [1.82, 2.24) is 15.5 Å². The third-order valence-electron chi connectivity index (χ3n) is 5.36. The molecule has 0 radical (unpaired) electrons. The minimum atomic E-state index is -0.785. The third kappa shape index (κ3) is 3.56. The van der Waals surface area contributed by atoms with Gasteiger partial charge in [-0.05, 0) is 18.5 Å². The lowest BCUT2D eigenvalue weighted by Crippen LogP contribution is -2.29. The molecule has 0 amide bonds. The molecule has 3 heterocycles. The molecule has 7 nitrogen and oxygen atoms in total. The number of carbonyl (C=O) groups excluding carboxylic acids is 1. The van der Waals surface area contributed by atoms with Crippen molar-refractivity contribution in [1.29, 1.82) is 0 Å². The van der Waals surface area contributed by atoms with E-state index in [0.717, 1.165) is 41.9 Å². The van der Waals surface area contributed by atoms with Crippen molar-refractivity contribution in [2.45, 2.75) is 24.9 Å². The van der Waals surface area contributed by atoms with Crippen LogP contribution in [0.3, 0.4) is 0 Å². The SMILES string of the molecule is O=C1Cc2ccccc2C(c2ccccc2)=N[C@@H]1Nc1nnc(C2CCNC2)o1. The Morgan fingerprint density at radius 3 is 2.69 bits per heavy atom. The lowest BCUT2D eigenvalue weighted by Gasteiger charge is -2.12. The molecule has 0 aliphatic carbocycles. The number of aromatic nitrogens is 2. The van der Waals surface area contributed by atoms with Crippen molar-refractivity contribution in [2.75, 3.05) is 18.4 Å². The topological polar surface area (TPSA) is 92.4 Å². The molecule has 2 atom stereocenters. The molecule has 0 bridgehead atoms. The van der Waals surface area contributed by atoms with Gasteiger partial charge in [0.15, 0.2) is 11.9 Å². The number of ketones is 1. The van der Waals surface area contributed by atoms with E-state index in [4.69, 9.17) is 9.41 Å². The normalized spacial score (nSPS) is 21.4. The minimum Gasteiger partial charge on any atom is -0.408 e. The molecule has 7 heteroatoms. The zero-order valence-electron chi connectivity index (χ0n) is 15.8. The highest BCUT2D eigenvalue weighted by molar-refractivity contribution is 6.16. The molecule has 1 aromatic heterocycles. The molecule has 3 aromatic rings. The maximum absolute atomic E-state index is 13.0. The highest BCUT2D eigenvalue weighted by Gasteiger charge is 2.28. The van der Waals surface area contributed by atoms with Gasteiger partial charge in [-0.1, -0.05) is 59.7 Å². The summed E-state index contributed by atoms with van der Waals surface area (Å²) in [7, 11) is 0.